The Morgan fingerprint density at radius 3 is 2.57 bits per heavy atom. The van der Waals surface area contributed by atoms with Gasteiger partial charge in [-0.25, -0.2) is 0 Å². The molecule has 0 radical (unpaired) electrons. The molecule has 0 unspecified atom stereocenters. The maximum Gasteiger partial charge on any atom is 0.129 e. The highest BCUT2D eigenvalue weighted by Gasteiger charge is 2.05. The Morgan fingerprint density at radius 2 is 2.07 bits per heavy atom. The molecule has 78 valence electrons. The summed E-state index contributed by atoms with van der Waals surface area (Å²) < 4.78 is 0.757. The first-order valence-electron chi connectivity index (χ1n) is 4.68. The lowest BCUT2D eigenvalue weighted by Gasteiger charge is -2.21. The molecular formula is C11H16BrNO. The van der Waals surface area contributed by atoms with E-state index < -0.39 is 0 Å². The molecule has 0 fully saturated rings. The van der Waals surface area contributed by atoms with E-state index in [1.54, 1.807) is 6.07 Å². The van der Waals surface area contributed by atoms with Crippen molar-refractivity contribution >= 4 is 15.9 Å². The van der Waals surface area contributed by atoms with Gasteiger partial charge in [0.05, 0.1) is 4.47 Å². The number of hydrogen-bond donors (Lipinski definition) is 1. The van der Waals surface area contributed by atoms with E-state index in [-0.39, 0.29) is 0 Å². The van der Waals surface area contributed by atoms with Crippen LogP contribution in [0.15, 0.2) is 22.7 Å². The molecule has 3 heteroatoms. The van der Waals surface area contributed by atoms with Crippen molar-refractivity contribution in [2.45, 2.75) is 26.4 Å². The summed E-state index contributed by atoms with van der Waals surface area (Å²) in [5.41, 5.74) is 1.20. The van der Waals surface area contributed by atoms with Crippen molar-refractivity contribution in [3.05, 3.63) is 28.2 Å². The van der Waals surface area contributed by atoms with Crippen molar-refractivity contribution in [2.75, 3.05) is 7.05 Å². The van der Waals surface area contributed by atoms with Crippen molar-refractivity contribution < 1.29 is 5.11 Å². The molecule has 0 aliphatic rings. The van der Waals surface area contributed by atoms with E-state index in [0.717, 1.165) is 11.0 Å². The lowest BCUT2D eigenvalue weighted by atomic mass is 10.2. The second-order valence-electron chi connectivity index (χ2n) is 3.79. The predicted octanol–water partition coefficient (Wildman–Crippen LogP) is 2.99. The van der Waals surface area contributed by atoms with Crippen LogP contribution in [-0.4, -0.2) is 23.1 Å². The van der Waals surface area contributed by atoms with Gasteiger partial charge >= 0.3 is 0 Å². The molecule has 1 aromatic rings. The summed E-state index contributed by atoms with van der Waals surface area (Å²) in [7, 11) is 2.09. The molecule has 0 amide bonds. The highest BCUT2D eigenvalue weighted by atomic mass is 79.9. The van der Waals surface area contributed by atoms with Crippen molar-refractivity contribution in [1.82, 2.24) is 4.90 Å². The molecule has 1 aromatic carbocycles. The minimum atomic E-state index is 0.293. The SMILES string of the molecule is CC(C)N(C)Cc1ccc(O)c(Br)c1. The van der Waals surface area contributed by atoms with Gasteiger partial charge in [-0.3, -0.25) is 4.90 Å². The Hall–Kier alpha value is -0.540. The van der Waals surface area contributed by atoms with Crippen molar-refractivity contribution in [3.8, 4) is 5.75 Å². The largest absolute Gasteiger partial charge is 0.507 e. The van der Waals surface area contributed by atoms with Crippen LogP contribution in [0.4, 0.5) is 0 Å². The van der Waals surface area contributed by atoms with Gasteiger partial charge in [0.2, 0.25) is 0 Å². The van der Waals surface area contributed by atoms with E-state index >= 15 is 0 Å². The zero-order chi connectivity index (χ0) is 10.7. The third-order valence-electron chi connectivity index (χ3n) is 2.33. The van der Waals surface area contributed by atoms with Gasteiger partial charge in [-0.1, -0.05) is 6.07 Å². The van der Waals surface area contributed by atoms with E-state index in [1.165, 1.54) is 5.56 Å². The molecule has 0 heterocycles. The number of rotatable bonds is 3. The topological polar surface area (TPSA) is 23.5 Å². The maximum atomic E-state index is 9.33. The van der Waals surface area contributed by atoms with E-state index in [1.807, 2.05) is 12.1 Å². The molecule has 1 N–H and O–H groups in total. The lowest BCUT2D eigenvalue weighted by Crippen LogP contribution is -2.25. The number of phenols is 1. The Balaban J connectivity index is 2.73. The smallest absolute Gasteiger partial charge is 0.129 e. The van der Waals surface area contributed by atoms with Crippen LogP contribution in [0.5, 0.6) is 5.75 Å². The normalized spacial score (nSPS) is 11.3. The molecule has 0 aliphatic heterocycles. The van der Waals surface area contributed by atoms with Gasteiger partial charge in [-0.05, 0) is 54.5 Å². The van der Waals surface area contributed by atoms with Gasteiger partial charge in [0.15, 0.2) is 0 Å². The first kappa shape index (κ1) is 11.5. The molecule has 2 nitrogen and oxygen atoms in total. The molecule has 14 heavy (non-hydrogen) atoms. The first-order chi connectivity index (χ1) is 6.50. The maximum absolute atomic E-state index is 9.33. The van der Waals surface area contributed by atoms with E-state index in [4.69, 9.17) is 0 Å². The van der Waals surface area contributed by atoms with Crippen LogP contribution in [0.1, 0.15) is 19.4 Å². The Bertz CT molecular complexity index is 312. The fourth-order valence-electron chi connectivity index (χ4n) is 1.12. The van der Waals surface area contributed by atoms with Gasteiger partial charge in [0, 0.05) is 12.6 Å². The number of phenolic OH excluding ortho intramolecular Hbond substituents is 1. The van der Waals surface area contributed by atoms with Gasteiger partial charge in [-0.2, -0.15) is 0 Å². The monoisotopic (exact) mass is 257 g/mol. The van der Waals surface area contributed by atoms with Crippen LogP contribution >= 0.6 is 15.9 Å². The summed E-state index contributed by atoms with van der Waals surface area (Å²) in [6.07, 6.45) is 0. The molecule has 0 atom stereocenters. The number of benzene rings is 1. The third kappa shape index (κ3) is 3.00. The van der Waals surface area contributed by atoms with E-state index in [0.29, 0.717) is 11.8 Å². The Morgan fingerprint density at radius 1 is 1.43 bits per heavy atom. The zero-order valence-corrected chi connectivity index (χ0v) is 10.4. The second-order valence-corrected chi connectivity index (χ2v) is 4.65. The summed E-state index contributed by atoms with van der Waals surface area (Å²) in [5, 5.41) is 9.33. The molecule has 0 aromatic heterocycles. The highest BCUT2D eigenvalue weighted by Crippen LogP contribution is 2.24. The molecule has 0 saturated heterocycles. The number of nitrogens with zero attached hydrogens (tertiary/aromatic N) is 1. The van der Waals surface area contributed by atoms with Crippen molar-refractivity contribution in [2.24, 2.45) is 0 Å². The number of hydrogen-bond acceptors (Lipinski definition) is 2. The summed E-state index contributed by atoms with van der Waals surface area (Å²) in [4.78, 5) is 2.25. The standard InChI is InChI=1S/C11H16BrNO/c1-8(2)13(3)7-9-4-5-11(14)10(12)6-9/h4-6,8,14H,7H2,1-3H3. The van der Waals surface area contributed by atoms with Gasteiger partial charge in [0.1, 0.15) is 5.75 Å². The Kier molecular flexibility index (Phi) is 3.96. The van der Waals surface area contributed by atoms with Crippen molar-refractivity contribution in [1.29, 1.82) is 0 Å². The van der Waals surface area contributed by atoms with Crippen LogP contribution in [0, 0.1) is 0 Å². The molecular weight excluding hydrogens is 242 g/mol. The second kappa shape index (κ2) is 4.80. The fourth-order valence-corrected chi connectivity index (χ4v) is 1.55. The quantitative estimate of drug-likeness (QED) is 0.900. The van der Waals surface area contributed by atoms with E-state index in [9.17, 15) is 5.11 Å². The predicted molar refractivity (Wildman–Crippen MR) is 62.4 cm³/mol. The molecule has 0 aliphatic carbocycles. The summed E-state index contributed by atoms with van der Waals surface area (Å²) >= 11 is 3.30. The van der Waals surface area contributed by atoms with Crippen LogP contribution in [-0.2, 0) is 6.54 Å². The van der Waals surface area contributed by atoms with Crippen LogP contribution < -0.4 is 0 Å². The minimum Gasteiger partial charge on any atom is -0.507 e. The molecule has 0 spiro atoms. The fraction of sp³-hybridized carbons (Fsp3) is 0.455. The average Bonchev–Trinajstić information content (AvgIpc) is 2.11. The molecule has 0 bridgehead atoms. The van der Waals surface area contributed by atoms with Crippen LogP contribution in [0.25, 0.3) is 0 Å². The summed E-state index contributed by atoms with van der Waals surface area (Å²) in [5.74, 6) is 0.293. The van der Waals surface area contributed by atoms with Gasteiger partial charge < -0.3 is 5.11 Å². The average molecular weight is 258 g/mol. The molecule has 1 rings (SSSR count). The highest BCUT2D eigenvalue weighted by molar-refractivity contribution is 9.10. The Labute approximate surface area is 93.7 Å². The number of aromatic hydroxyl groups is 1. The van der Waals surface area contributed by atoms with E-state index in [2.05, 4.69) is 41.7 Å². The first-order valence-corrected chi connectivity index (χ1v) is 5.47. The van der Waals surface area contributed by atoms with Crippen LogP contribution in [0.3, 0.4) is 0 Å². The minimum absolute atomic E-state index is 0.293. The van der Waals surface area contributed by atoms with Crippen LogP contribution in [0.2, 0.25) is 0 Å². The van der Waals surface area contributed by atoms with Gasteiger partial charge in [-0.15, -0.1) is 0 Å². The van der Waals surface area contributed by atoms with Gasteiger partial charge in [0.25, 0.3) is 0 Å². The lowest BCUT2D eigenvalue weighted by molar-refractivity contribution is 0.265. The van der Waals surface area contributed by atoms with Crippen molar-refractivity contribution in [3.63, 3.8) is 0 Å². The zero-order valence-electron chi connectivity index (χ0n) is 8.79. The molecule has 0 saturated carbocycles. The summed E-state index contributed by atoms with van der Waals surface area (Å²) in [6.45, 7) is 5.22. The summed E-state index contributed by atoms with van der Waals surface area (Å²) in [6, 6.07) is 6.14. The third-order valence-corrected chi connectivity index (χ3v) is 2.96. The number of halogens is 1.